The van der Waals surface area contributed by atoms with Crippen LogP contribution >= 0.6 is 0 Å². The Kier molecular flexibility index (Phi) is 4.41. The fraction of sp³-hybridized carbons (Fsp3) is 0.471. The maximum absolute atomic E-state index is 12.4. The molecule has 0 unspecified atom stereocenters. The Hall–Kier alpha value is -2.77. The van der Waals surface area contributed by atoms with Gasteiger partial charge in [0.15, 0.2) is 0 Å². The lowest BCUT2D eigenvalue weighted by Crippen LogP contribution is -2.49. The summed E-state index contributed by atoms with van der Waals surface area (Å²) in [5.41, 5.74) is 0.398. The Labute approximate surface area is 146 Å². The van der Waals surface area contributed by atoms with E-state index in [1.807, 2.05) is 17.2 Å². The van der Waals surface area contributed by atoms with Crippen LogP contribution in [0.2, 0.25) is 0 Å². The van der Waals surface area contributed by atoms with Gasteiger partial charge in [0.2, 0.25) is 5.95 Å². The lowest BCUT2D eigenvalue weighted by atomic mass is 10.2. The summed E-state index contributed by atoms with van der Waals surface area (Å²) >= 11 is 0. The number of hydrogen-bond donors (Lipinski definition) is 0. The highest BCUT2D eigenvalue weighted by Gasteiger charge is 2.24. The molecule has 0 atom stereocenters. The minimum atomic E-state index is -0.0619. The summed E-state index contributed by atoms with van der Waals surface area (Å²) in [4.78, 5) is 35.9. The van der Waals surface area contributed by atoms with E-state index in [0.717, 1.165) is 37.9 Å². The molecule has 2 aromatic heterocycles. The van der Waals surface area contributed by atoms with Crippen LogP contribution in [0.5, 0.6) is 0 Å². The Morgan fingerprint density at radius 3 is 2.40 bits per heavy atom. The van der Waals surface area contributed by atoms with Gasteiger partial charge in [0, 0.05) is 57.9 Å². The number of rotatable bonds is 3. The molecule has 8 nitrogen and oxygen atoms in total. The second kappa shape index (κ2) is 7.00. The molecule has 0 aliphatic carbocycles. The van der Waals surface area contributed by atoms with Crippen molar-refractivity contribution < 1.29 is 4.79 Å². The summed E-state index contributed by atoms with van der Waals surface area (Å²) in [6, 6.07) is 1.94. The van der Waals surface area contributed by atoms with Crippen LogP contribution in [0.25, 0.3) is 0 Å². The molecule has 0 saturated carbocycles. The topological polar surface area (TPSA) is 78.4 Å². The Balaban J connectivity index is 1.40. The molecule has 0 aromatic carbocycles. The molecule has 2 saturated heterocycles. The molecule has 8 heteroatoms. The van der Waals surface area contributed by atoms with Crippen LogP contribution < -0.4 is 9.80 Å². The molecule has 25 heavy (non-hydrogen) atoms. The van der Waals surface area contributed by atoms with Crippen molar-refractivity contribution in [3.63, 3.8) is 0 Å². The molecular weight excluding hydrogens is 318 g/mol. The van der Waals surface area contributed by atoms with Crippen molar-refractivity contribution in [1.82, 2.24) is 24.8 Å². The number of piperazine rings is 1. The van der Waals surface area contributed by atoms with Crippen molar-refractivity contribution in [2.75, 3.05) is 49.1 Å². The third-order valence-corrected chi connectivity index (χ3v) is 4.69. The van der Waals surface area contributed by atoms with E-state index in [1.165, 1.54) is 19.0 Å². The zero-order chi connectivity index (χ0) is 17.1. The van der Waals surface area contributed by atoms with E-state index in [0.29, 0.717) is 18.8 Å². The minimum Gasteiger partial charge on any atom is -0.353 e. The van der Waals surface area contributed by atoms with Crippen molar-refractivity contribution in [2.24, 2.45) is 0 Å². The lowest BCUT2D eigenvalue weighted by molar-refractivity contribution is 0.0740. The van der Waals surface area contributed by atoms with Crippen LogP contribution in [-0.2, 0) is 0 Å². The molecule has 2 aliphatic rings. The first-order valence-corrected chi connectivity index (χ1v) is 8.69. The van der Waals surface area contributed by atoms with Crippen molar-refractivity contribution in [3.05, 3.63) is 36.5 Å². The monoisotopic (exact) mass is 339 g/mol. The van der Waals surface area contributed by atoms with Gasteiger partial charge in [-0.05, 0) is 18.9 Å². The van der Waals surface area contributed by atoms with Gasteiger partial charge >= 0.3 is 0 Å². The van der Waals surface area contributed by atoms with Crippen LogP contribution in [0.3, 0.4) is 0 Å². The molecule has 0 radical (unpaired) electrons. The number of amides is 1. The summed E-state index contributed by atoms with van der Waals surface area (Å²) in [5.74, 6) is 1.68. The van der Waals surface area contributed by atoms with Gasteiger partial charge in [-0.15, -0.1) is 0 Å². The van der Waals surface area contributed by atoms with Gasteiger partial charge in [-0.2, -0.15) is 4.98 Å². The molecule has 2 aliphatic heterocycles. The first-order chi connectivity index (χ1) is 12.3. The van der Waals surface area contributed by atoms with E-state index in [1.54, 1.807) is 12.4 Å². The molecule has 2 fully saturated rings. The van der Waals surface area contributed by atoms with E-state index in [4.69, 9.17) is 4.98 Å². The third-order valence-electron chi connectivity index (χ3n) is 4.69. The van der Waals surface area contributed by atoms with Crippen molar-refractivity contribution >= 4 is 17.7 Å². The number of carbonyl (C=O) groups is 1. The van der Waals surface area contributed by atoms with Crippen LogP contribution in [0.1, 0.15) is 23.3 Å². The largest absolute Gasteiger partial charge is 0.353 e. The number of hydrogen-bond acceptors (Lipinski definition) is 7. The molecule has 2 aromatic rings. The SMILES string of the molecule is O=C(c1cnccn1)N1CCN(c2ccnc(N3CCCC3)n2)CC1. The van der Waals surface area contributed by atoms with Crippen molar-refractivity contribution in [2.45, 2.75) is 12.8 Å². The molecular formula is C17H21N7O. The highest BCUT2D eigenvalue weighted by atomic mass is 16.2. The second-order valence-corrected chi connectivity index (χ2v) is 6.28. The van der Waals surface area contributed by atoms with Gasteiger partial charge < -0.3 is 14.7 Å². The standard InChI is InChI=1S/C17H21N7O/c25-16(14-13-18-5-6-19-14)23-11-9-22(10-12-23)15-3-4-20-17(21-15)24-7-1-2-8-24/h3-6,13H,1-2,7-12H2. The van der Waals surface area contributed by atoms with Crippen LogP contribution in [0, 0.1) is 0 Å². The van der Waals surface area contributed by atoms with Gasteiger partial charge in [-0.25, -0.2) is 9.97 Å². The number of nitrogens with zero attached hydrogens (tertiary/aromatic N) is 7. The van der Waals surface area contributed by atoms with Gasteiger partial charge in [0.25, 0.3) is 5.91 Å². The molecule has 1 amide bonds. The Bertz CT molecular complexity index is 725. The second-order valence-electron chi connectivity index (χ2n) is 6.28. The zero-order valence-corrected chi connectivity index (χ0v) is 14.1. The first kappa shape index (κ1) is 15.7. The zero-order valence-electron chi connectivity index (χ0n) is 14.1. The van der Waals surface area contributed by atoms with Gasteiger partial charge in [0.05, 0.1) is 6.20 Å². The summed E-state index contributed by atoms with van der Waals surface area (Å²) in [6.45, 7) is 4.87. The van der Waals surface area contributed by atoms with E-state index in [2.05, 4.69) is 24.8 Å². The highest BCUT2D eigenvalue weighted by Crippen LogP contribution is 2.20. The number of carbonyl (C=O) groups excluding carboxylic acids is 1. The van der Waals surface area contributed by atoms with Crippen LogP contribution in [0.15, 0.2) is 30.9 Å². The first-order valence-electron chi connectivity index (χ1n) is 8.69. The summed E-state index contributed by atoms with van der Waals surface area (Å²) in [5, 5.41) is 0. The highest BCUT2D eigenvalue weighted by molar-refractivity contribution is 5.92. The molecule has 130 valence electrons. The number of aromatic nitrogens is 4. The third kappa shape index (κ3) is 3.38. The molecule has 0 spiro atoms. The summed E-state index contributed by atoms with van der Waals surface area (Å²) < 4.78 is 0. The maximum Gasteiger partial charge on any atom is 0.274 e. The Morgan fingerprint density at radius 1 is 0.880 bits per heavy atom. The van der Waals surface area contributed by atoms with E-state index < -0.39 is 0 Å². The van der Waals surface area contributed by atoms with Crippen molar-refractivity contribution in [3.8, 4) is 0 Å². The smallest absolute Gasteiger partial charge is 0.274 e. The Morgan fingerprint density at radius 2 is 1.68 bits per heavy atom. The fourth-order valence-electron chi connectivity index (χ4n) is 3.29. The average Bonchev–Trinajstić information content (AvgIpc) is 3.23. The van der Waals surface area contributed by atoms with Crippen LogP contribution in [-0.4, -0.2) is 70.0 Å². The normalized spacial score (nSPS) is 17.8. The van der Waals surface area contributed by atoms with E-state index >= 15 is 0 Å². The van der Waals surface area contributed by atoms with Gasteiger partial charge in [0.1, 0.15) is 11.5 Å². The summed E-state index contributed by atoms with van der Waals surface area (Å²) in [6.07, 6.45) is 8.87. The van der Waals surface area contributed by atoms with Crippen molar-refractivity contribution in [1.29, 1.82) is 0 Å². The number of anilines is 2. The molecule has 0 N–H and O–H groups in total. The van der Waals surface area contributed by atoms with Gasteiger partial charge in [-0.3, -0.25) is 9.78 Å². The average molecular weight is 339 g/mol. The van der Waals surface area contributed by atoms with Crippen LogP contribution in [0.4, 0.5) is 11.8 Å². The maximum atomic E-state index is 12.4. The summed E-state index contributed by atoms with van der Waals surface area (Å²) in [7, 11) is 0. The van der Waals surface area contributed by atoms with Gasteiger partial charge in [-0.1, -0.05) is 0 Å². The predicted octanol–water partition coefficient (Wildman–Crippen LogP) is 0.829. The quantitative estimate of drug-likeness (QED) is 0.819. The molecule has 0 bridgehead atoms. The predicted molar refractivity (Wildman–Crippen MR) is 93.6 cm³/mol. The lowest BCUT2D eigenvalue weighted by Gasteiger charge is -2.35. The van der Waals surface area contributed by atoms with E-state index in [9.17, 15) is 4.79 Å². The van der Waals surface area contributed by atoms with E-state index in [-0.39, 0.29) is 5.91 Å². The fourth-order valence-corrected chi connectivity index (χ4v) is 3.29. The minimum absolute atomic E-state index is 0.0619. The molecule has 4 rings (SSSR count). The molecule has 4 heterocycles.